The van der Waals surface area contributed by atoms with Gasteiger partial charge < -0.3 is 14.0 Å². The Balaban J connectivity index is 1.37. The maximum atomic E-state index is 7.16. The minimum absolute atomic E-state index is 0.138. The van der Waals surface area contributed by atoms with E-state index in [1.54, 1.807) is 14.2 Å². The van der Waals surface area contributed by atoms with Crippen LogP contribution in [0.5, 0.6) is 11.5 Å². The van der Waals surface area contributed by atoms with E-state index in [-0.39, 0.29) is 5.41 Å². The first-order chi connectivity index (χ1) is 20.9. The fourth-order valence-electron chi connectivity index (χ4n) is 6.98. The molecule has 0 spiro atoms. The molecule has 7 aromatic rings. The molecule has 3 nitrogen and oxygen atoms in total. The van der Waals surface area contributed by atoms with Gasteiger partial charge in [0.05, 0.1) is 30.3 Å². The summed E-state index contributed by atoms with van der Waals surface area (Å²) in [6, 6.07) is 38.8. The summed E-state index contributed by atoms with van der Waals surface area (Å²) in [5, 5.41) is 5.36. The van der Waals surface area contributed by atoms with Crippen LogP contribution in [-0.4, -0.2) is 18.8 Å². The zero-order valence-corrected chi connectivity index (χ0v) is 25.3. The van der Waals surface area contributed by atoms with Crippen LogP contribution in [-0.2, 0) is 5.41 Å². The molecule has 0 saturated heterocycles. The van der Waals surface area contributed by atoms with E-state index >= 15 is 0 Å². The molecule has 0 radical (unpaired) electrons. The van der Waals surface area contributed by atoms with Crippen LogP contribution >= 0.6 is 11.6 Å². The van der Waals surface area contributed by atoms with Crippen molar-refractivity contribution in [3.8, 4) is 39.4 Å². The molecule has 1 aliphatic carbocycles. The Morgan fingerprint density at radius 1 is 0.605 bits per heavy atom. The van der Waals surface area contributed by atoms with Gasteiger partial charge in [-0.15, -0.1) is 0 Å². The lowest BCUT2D eigenvalue weighted by Gasteiger charge is -2.22. The highest BCUT2D eigenvalue weighted by atomic mass is 35.5. The second-order valence-corrected chi connectivity index (χ2v) is 12.3. The molecule has 0 saturated carbocycles. The molecule has 0 unspecified atom stereocenters. The van der Waals surface area contributed by atoms with Crippen LogP contribution in [0.2, 0.25) is 5.02 Å². The second-order valence-electron chi connectivity index (χ2n) is 11.9. The summed E-state index contributed by atoms with van der Waals surface area (Å²) >= 11 is 7.16. The van der Waals surface area contributed by atoms with Crippen LogP contribution in [0.1, 0.15) is 25.0 Å². The van der Waals surface area contributed by atoms with Crippen molar-refractivity contribution in [2.24, 2.45) is 0 Å². The normalized spacial score (nSPS) is 13.4. The first kappa shape index (κ1) is 25.9. The zero-order chi connectivity index (χ0) is 29.5. The van der Waals surface area contributed by atoms with E-state index in [1.807, 2.05) is 12.1 Å². The number of fused-ring (bicyclic) bond motifs is 7. The third-order valence-electron chi connectivity index (χ3n) is 9.21. The Kier molecular flexibility index (Phi) is 5.66. The number of aromatic nitrogens is 1. The van der Waals surface area contributed by atoms with E-state index in [0.29, 0.717) is 5.02 Å². The smallest absolute Gasteiger partial charge is 0.120 e. The van der Waals surface area contributed by atoms with Crippen molar-refractivity contribution in [2.75, 3.05) is 14.2 Å². The SMILES string of the molecule is COc1ccc2c(c1)C(C)(C)c1cc3cc(-n4c5cc(OC)ccc5c5cc(-c6ccccc6)cc(Cl)c54)ccc3cc1-2. The van der Waals surface area contributed by atoms with E-state index < -0.39 is 0 Å². The van der Waals surface area contributed by atoms with Gasteiger partial charge in [-0.1, -0.05) is 67.9 Å². The van der Waals surface area contributed by atoms with Crippen molar-refractivity contribution in [3.05, 3.63) is 125 Å². The first-order valence-corrected chi connectivity index (χ1v) is 14.9. The van der Waals surface area contributed by atoms with E-state index in [4.69, 9.17) is 21.1 Å². The Bertz CT molecular complexity index is 2240. The zero-order valence-electron chi connectivity index (χ0n) is 24.5. The molecule has 4 heteroatoms. The summed E-state index contributed by atoms with van der Waals surface area (Å²) in [4.78, 5) is 0. The van der Waals surface area contributed by atoms with Crippen molar-refractivity contribution in [2.45, 2.75) is 19.3 Å². The van der Waals surface area contributed by atoms with Gasteiger partial charge in [0, 0.05) is 27.9 Å². The van der Waals surface area contributed by atoms with Crippen LogP contribution in [0.25, 0.3) is 60.5 Å². The van der Waals surface area contributed by atoms with Crippen molar-refractivity contribution in [3.63, 3.8) is 0 Å². The summed E-state index contributed by atoms with van der Waals surface area (Å²) in [5.41, 5.74) is 10.4. The van der Waals surface area contributed by atoms with E-state index in [1.165, 1.54) is 33.0 Å². The average Bonchev–Trinajstić information content (AvgIpc) is 3.48. The largest absolute Gasteiger partial charge is 0.497 e. The van der Waals surface area contributed by atoms with Crippen LogP contribution < -0.4 is 9.47 Å². The Labute approximate surface area is 255 Å². The summed E-state index contributed by atoms with van der Waals surface area (Å²) in [5.74, 6) is 1.70. The van der Waals surface area contributed by atoms with Gasteiger partial charge in [-0.05, 0) is 105 Å². The predicted molar refractivity (Wildman–Crippen MR) is 179 cm³/mol. The van der Waals surface area contributed by atoms with Crippen LogP contribution in [0, 0.1) is 0 Å². The molecule has 1 aliphatic rings. The molecule has 43 heavy (non-hydrogen) atoms. The van der Waals surface area contributed by atoms with E-state index in [2.05, 4.69) is 115 Å². The quantitative estimate of drug-likeness (QED) is 0.207. The Morgan fingerprint density at radius 2 is 1.35 bits per heavy atom. The fraction of sp³-hybridized carbons (Fsp3) is 0.128. The molecule has 0 fully saturated rings. The number of nitrogens with zero attached hydrogens (tertiary/aromatic N) is 1. The van der Waals surface area contributed by atoms with Gasteiger partial charge >= 0.3 is 0 Å². The summed E-state index contributed by atoms with van der Waals surface area (Å²) in [7, 11) is 3.44. The minimum atomic E-state index is -0.138. The van der Waals surface area contributed by atoms with Gasteiger partial charge in [-0.3, -0.25) is 0 Å². The van der Waals surface area contributed by atoms with Gasteiger partial charge in [0.1, 0.15) is 11.5 Å². The molecule has 0 atom stereocenters. The molecule has 0 aliphatic heterocycles. The summed E-state index contributed by atoms with van der Waals surface area (Å²) in [6.07, 6.45) is 0. The molecular weight excluding hydrogens is 550 g/mol. The van der Waals surface area contributed by atoms with Crippen LogP contribution in [0.4, 0.5) is 0 Å². The van der Waals surface area contributed by atoms with Crippen molar-refractivity contribution in [1.82, 2.24) is 4.57 Å². The van der Waals surface area contributed by atoms with Crippen molar-refractivity contribution in [1.29, 1.82) is 0 Å². The molecule has 1 aromatic heterocycles. The first-order valence-electron chi connectivity index (χ1n) is 14.5. The second kappa shape index (κ2) is 9.39. The van der Waals surface area contributed by atoms with Crippen molar-refractivity contribution < 1.29 is 9.47 Å². The van der Waals surface area contributed by atoms with E-state index in [9.17, 15) is 0 Å². The highest BCUT2D eigenvalue weighted by molar-refractivity contribution is 6.37. The van der Waals surface area contributed by atoms with E-state index in [0.717, 1.165) is 50.1 Å². The molecule has 8 rings (SSSR count). The highest BCUT2D eigenvalue weighted by Gasteiger charge is 2.36. The minimum Gasteiger partial charge on any atom is -0.497 e. The molecule has 210 valence electrons. The van der Waals surface area contributed by atoms with Gasteiger partial charge in [0.2, 0.25) is 0 Å². The number of benzene rings is 6. The number of halogens is 1. The van der Waals surface area contributed by atoms with Crippen LogP contribution in [0.3, 0.4) is 0 Å². The lowest BCUT2D eigenvalue weighted by atomic mass is 9.82. The standard InChI is InChI=1S/C39H30ClNO2/c1-39(2)34-19-25-16-27(11-10-24(25)17-32(34)30-14-12-28(42-3)21-35(30)39)41-37-22-29(43-4)13-15-31(37)33-18-26(20-36(40)38(33)41)23-8-6-5-7-9-23/h5-22H,1-4H3. The topological polar surface area (TPSA) is 23.4 Å². The molecular formula is C39H30ClNO2. The van der Waals surface area contributed by atoms with Gasteiger partial charge in [0.15, 0.2) is 0 Å². The lowest BCUT2D eigenvalue weighted by molar-refractivity contribution is 0.413. The molecule has 0 bridgehead atoms. The fourth-order valence-corrected chi connectivity index (χ4v) is 7.28. The summed E-state index contributed by atoms with van der Waals surface area (Å²) < 4.78 is 13.5. The van der Waals surface area contributed by atoms with Crippen LogP contribution in [0.15, 0.2) is 109 Å². The summed E-state index contributed by atoms with van der Waals surface area (Å²) in [6.45, 7) is 4.60. The molecule has 6 aromatic carbocycles. The monoisotopic (exact) mass is 579 g/mol. The van der Waals surface area contributed by atoms with Gasteiger partial charge in [-0.25, -0.2) is 0 Å². The number of hydrogen-bond donors (Lipinski definition) is 0. The number of hydrogen-bond acceptors (Lipinski definition) is 2. The predicted octanol–water partition coefficient (Wildman–Crippen LogP) is 10.6. The third-order valence-corrected chi connectivity index (χ3v) is 9.50. The Morgan fingerprint density at radius 3 is 2.14 bits per heavy atom. The highest BCUT2D eigenvalue weighted by Crippen LogP contribution is 2.51. The maximum Gasteiger partial charge on any atom is 0.120 e. The molecule has 0 N–H and O–H groups in total. The third kappa shape index (κ3) is 3.81. The van der Waals surface area contributed by atoms with Gasteiger partial charge in [0.25, 0.3) is 0 Å². The van der Waals surface area contributed by atoms with Gasteiger partial charge in [-0.2, -0.15) is 0 Å². The number of rotatable bonds is 4. The number of ether oxygens (including phenoxy) is 2. The van der Waals surface area contributed by atoms with Crippen molar-refractivity contribution >= 4 is 44.2 Å². The number of methoxy groups -OCH3 is 2. The molecule has 0 amide bonds. The average molecular weight is 580 g/mol. The lowest BCUT2D eigenvalue weighted by Crippen LogP contribution is -2.15. The maximum absolute atomic E-state index is 7.16. The molecule has 1 heterocycles. The Hall–Kier alpha value is -4.73.